The predicted molar refractivity (Wildman–Crippen MR) is 101 cm³/mol. The van der Waals surface area contributed by atoms with E-state index in [1.165, 1.54) is 18.2 Å². The molecule has 1 heterocycles. The molecule has 0 unspecified atom stereocenters. The lowest BCUT2D eigenvalue weighted by Gasteiger charge is -2.12. The van der Waals surface area contributed by atoms with E-state index in [1.54, 1.807) is 25.2 Å². The minimum absolute atomic E-state index is 0.187. The van der Waals surface area contributed by atoms with E-state index in [0.717, 1.165) is 22.9 Å². The smallest absolute Gasteiger partial charge is 0.190 e. The minimum atomic E-state index is -0.247. The molecular formula is C20H22F2N4. The van der Waals surface area contributed by atoms with Gasteiger partial charge < -0.3 is 15.6 Å². The van der Waals surface area contributed by atoms with Gasteiger partial charge in [-0.05, 0) is 48.2 Å². The fourth-order valence-electron chi connectivity index (χ4n) is 2.92. The van der Waals surface area contributed by atoms with Crippen LogP contribution in [0.3, 0.4) is 0 Å². The number of H-pyrrole nitrogens is 1. The number of nitrogens with zero attached hydrogens (tertiary/aromatic N) is 1. The van der Waals surface area contributed by atoms with Crippen LogP contribution in [0.5, 0.6) is 0 Å². The van der Waals surface area contributed by atoms with Gasteiger partial charge in [0.25, 0.3) is 0 Å². The Bertz CT molecular complexity index is 902. The highest BCUT2D eigenvalue weighted by Crippen LogP contribution is 2.19. The monoisotopic (exact) mass is 356 g/mol. The van der Waals surface area contributed by atoms with Gasteiger partial charge in [0.05, 0.1) is 0 Å². The van der Waals surface area contributed by atoms with Crippen LogP contribution in [-0.2, 0) is 12.8 Å². The zero-order valence-electron chi connectivity index (χ0n) is 14.7. The van der Waals surface area contributed by atoms with E-state index >= 15 is 0 Å². The maximum absolute atomic E-state index is 13.6. The topological polar surface area (TPSA) is 52.2 Å². The summed E-state index contributed by atoms with van der Waals surface area (Å²) in [4.78, 5) is 7.27. The summed E-state index contributed by atoms with van der Waals surface area (Å²) in [6.07, 6.45) is 3.27. The summed E-state index contributed by atoms with van der Waals surface area (Å²) in [6.45, 7) is 1.27. The van der Waals surface area contributed by atoms with Crippen LogP contribution in [0.25, 0.3) is 10.9 Å². The van der Waals surface area contributed by atoms with Crippen molar-refractivity contribution in [3.05, 3.63) is 71.4 Å². The van der Waals surface area contributed by atoms with Gasteiger partial charge in [-0.25, -0.2) is 8.78 Å². The van der Waals surface area contributed by atoms with Crippen LogP contribution in [0.15, 0.2) is 53.7 Å². The molecule has 6 heteroatoms. The summed E-state index contributed by atoms with van der Waals surface area (Å²) in [6, 6.07) is 11.5. The van der Waals surface area contributed by atoms with Crippen LogP contribution in [0.4, 0.5) is 8.78 Å². The van der Waals surface area contributed by atoms with Crippen molar-refractivity contribution < 1.29 is 8.78 Å². The number of hydrogen-bond acceptors (Lipinski definition) is 1. The van der Waals surface area contributed by atoms with Gasteiger partial charge in [0.2, 0.25) is 0 Å². The first-order valence-corrected chi connectivity index (χ1v) is 8.61. The molecule has 3 N–H and O–H groups in total. The quantitative estimate of drug-likeness (QED) is 0.468. The van der Waals surface area contributed by atoms with Gasteiger partial charge >= 0.3 is 0 Å². The summed E-state index contributed by atoms with van der Waals surface area (Å²) < 4.78 is 26.8. The summed E-state index contributed by atoms with van der Waals surface area (Å²) in [5, 5.41) is 7.45. The number of halogens is 2. The van der Waals surface area contributed by atoms with Gasteiger partial charge in [-0.3, -0.25) is 4.99 Å². The SMILES string of the molecule is CN=C(NCCc1ccccc1F)NCCc1c[nH]c2cc(F)ccc12. The number of aliphatic imine (C=N–C) groups is 1. The summed E-state index contributed by atoms with van der Waals surface area (Å²) in [7, 11) is 1.70. The first kappa shape index (κ1) is 17.9. The molecule has 0 atom stereocenters. The first-order valence-electron chi connectivity index (χ1n) is 8.61. The molecule has 0 aliphatic carbocycles. The minimum Gasteiger partial charge on any atom is -0.361 e. The van der Waals surface area contributed by atoms with Gasteiger partial charge in [0, 0.05) is 37.2 Å². The standard InChI is InChI=1S/C20H22F2N4/c1-23-20(24-10-8-14-4-2-3-5-18(14)22)25-11-9-15-13-26-19-12-16(21)6-7-17(15)19/h2-7,12-13,26H,8-11H2,1H3,(H2,23,24,25). The molecule has 0 aliphatic heterocycles. The molecule has 0 fully saturated rings. The molecule has 0 spiro atoms. The molecule has 3 rings (SSSR count). The zero-order chi connectivity index (χ0) is 18.4. The summed E-state index contributed by atoms with van der Waals surface area (Å²) in [5.74, 6) is 0.240. The lowest BCUT2D eigenvalue weighted by atomic mass is 10.1. The summed E-state index contributed by atoms with van der Waals surface area (Å²) in [5.41, 5.74) is 2.60. The lowest BCUT2D eigenvalue weighted by molar-refractivity contribution is 0.606. The van der Waals surface area contributed by atoms with Crippen LogP contribution in [0, 0.1) is 11.6 Å². The number of nitrogens with one attached hydrogen (secondary N) is 3. The van der Waals surface area contributed by atoms with E-state index in [0.29, 0.717) is 31.0 Å². The Morgan fingerprint density at radius 2 is 1.73 bits per heavy atom. The maximum Gasteiger partial charge on any atom is 0.190 e. The predicted octanol–water partition coefficient (Wildman–Crippen LogP) is 3.40. The molecule has 0 saturated heterocycles. The molecule has 0 radical (unpaired) electrons. The second-order valence-corrected chi connectivity index (χ2v) is 6.02. The van der Waals surface area contributed by atoms with E-state index in [9.17, 15) is 8.78 Å². The van der Waals surface area contributed by atoms with Gasteiger partial charge in [-0.2, -0.15) is 0 Å². The zero-order valence-corrected chi connectivity index (χ0v) is 14.7. The molecule has 26 heavy (non-hydrogen) atoms. The van der Waals surface area contributed by atoms with Crippen LogP contribution in [0.2, 0.25) is 0 Å². The average Bonchev–Trinajstić information content (AvgIpc) is 3.04. The Kier molecular flexibility index (Phi) is 5.84. The van der Waals surface area contributed by atoms with Gasteiger partial charge in [-0.1, -0.05) is 18.2 Å². The molecule has 3 aromatic rings. The summed E-state index contributed by atoms with van der Waals surface area (Å²) >= 11 is 0. The van der Waals surface area contributed by atoms with E-state index < -0.39 is 0 Å². The average molecular weight is 356 g/mol. The highest BCUT2D eigenvalue weighted by Gasteiger charge is 2.06. The molecule has 136 valence electrons. The highest BCUT2D eigenvalue weighted by atomic mass is 19.1. The van der Waals surface area contributed by atoms with E-state index in [4.69, 9.17) is 0 Å². The Labute approximate surface area is 151 Å². The Morgan fingerprint density at radius 3 is 2.46 bits per heavy atom. The fraction of sp³-hybridized carbons (Fsp3) is 0.250. The number of rotatable bonds is 6. The Morgan fingerprint density at radius 1 is 1.00 bits per heavy atom. The maximum atomic E-state index is 13.6. The number of aromatic nitrogens is 1. The largest absolute Gasteiger partial charge is 0.361 e. The fourth-order valence-corrected chi connectivity index (χ4v) is 2.92. The Hall–Kier alpha value is -2.89. The number of aromatic amines is 1. The molecule has 1 aromatic heterocycles. The second kappa shape index (κ2) is 8.47. The third kappa shape index (κ3) is 4.39. The van der Waals surface area contributed by atoms with Gasteiger partial charge in [0.15, 0.2) is 5.96 Å². The van der Waals surface area contributed by atoms with Gasteiger partial charge in [0.1, 0.15) is 11.6 Å². The van der Waals surface area contributed by atoms with E-state index in [2.05, 4.69) is 20.6 Å². The van der Waals surface area contributed by atoms with E-state index in [1.807, 2.05) is 12.3 Å². The van der Waals surface area contributed by atoms with Crippen molar-refractivity contribution in [2.24, 2.45) is 4.99 Å². The number of hydrogen-bond donors (Lipinski definition) is 3. The van der Waals surface area contributed by atoms with Crippen molar-refractivity contribution in [3.8, 4) is 0 Å². The third-order valence-electron chi connectivity index (χ3n) is 4.28. The lowest BCUT2D eigenvalue weighted by Crippen LogP contribution is -2.39. The van der Waals surface area contributed by atoms with Crippen molar-refractivity contribution in [1.29, 1.82) is 0 Å². The van der Waals surface area contributed by atoms with Crippen molar-refractivity contribution in [1.82, 2.24) is 15.6 Å². The molecule has 0 saturated carbocycles. The van der Waals surface area contributed by atoms with Crippen molar-refractivity contribution in [2.75, 3.05) is 20.1 Å². The molecule has 0 aliphatic rings. The molecule has 2 aromatic carbocycles. The third-order valence-corrected chi connectivity index (χ3v) is 4.28. The molecular weight excluding hydrogens is 334 g/mol. The number of fused-ring (bicyclic) bond motifs is 1. The second-order valence-electron chi connectivity index (χ2n) is 6.02. The van der Waals surface area contributed by atoms with Crippen LogP contribution in [-0.4, -0.2) is 31.1 Å². The Balaban J connectivity index is 1.47. The highest BCUT2D eigenvalue weighted by molar-refractivity contribution is 5.83. The van der Waals surface area contributed by atoms with Crippen LogP contribution < -0.4 is 10.6 Å². The first-order chi connectivity index (χ1) is 12.7. The van der Waals surface area contributed by atoms with Crippen LogP contribution in [0.1, 0.15) is 11.1 Å². The normalized spacial score (nSPS) is 11.7. The van der Waals surface area contributed by atoms with E-state index in [-0.39, 0.29) is 11.6 Å². The molecule has 0 bridgehead atoms. The molecule has 0 amide bonds. The van der Waals surface area contributed by atoms with Crippen molar-refractivity contribution in [3.63, 3.8) is 0 Å². The van der Waals surface area contributed by atoms with Crippen molar-refractivity contribution in [2.45, 2.75) is 12.8 Å². The van der Waals surface area contributed by atoms with Crippen LogP contribution >= 0.6 is 0 Å². The number of benzene rings is 2. The van der Waals surface area contributed by atoms with Crippen molar-refractivity contribution >= 4 is 16.9 Å². The number of guanidine groups is 1. The van der Waals surface area contributed by atoms with Gasteiger partial charge in [-0.15, -0.1) is 0 Å². The molecule has 4 nitrogen and oxygen atoms in total.